The first-order chi connectivity index (χ1) is 8.54. The maximum Gasteiger partial charge on any atom is 0.0693 e. The molecule has 0 saturated heterocycles. The first kappa shape index (κ1) is 13.6. The Kier molecular flexibility index (Phi) is 4.08. The minimum absolute atomic E-state index is 0.0825. The summed E-state index contributed by atoms with van der Waals surface area (Å²) in [7, 11) is 1.82. The SMILES string of the molecule is COC1(CC(N)Cc2ccc(C)c(C)c2)CCC1. The topological polar surface area (TPSA) is 35.2 Å². The highest BCUT2D eigenvalue weighted by Crippen LogP contribution is 2.38. The van der Waals surface area contributed by atoms with E-state index in [1.165, 1.54) is 36.0 Å². The van der Waals surface area contributed by atoms with Gasteiger partial charge in [-0.3, -0.25) is 0 Å². The van der Waals surface area contributed by atoms with Crippen LogP contribution in [-0.2, 0) is 11.2 Å². The third kappa shape index (κ3) is 2.93. The Bertz CT molecular complexity index is 404. The van der Waals surface area contributed by atoms with Crippen LogP contribution in [0.25, 0.3) is 0 Å². The molecule has 1 saturated carbocycles. The van der Waals surface area contributed by atoms with Crippen molar-refractivity contribution in [1.29, 1.82) is 0 Å². The average Bonchev–Trinajstić information content (AvgIpc) is 2.29. The van der Waals surface area contributed by atoms with Crippen molar-refractivity contribution < 1.29 is 4.74 Å². The summed E-state index contributed by atoms with van der Waals surface area (Å²) in [5.74, 6) is 0. The van der Waals surface area contributed by atoms with Crippen molar-refractivity contribution >= 4 is 0 Å². The smallest absolute Gasteiger partial charge is 0.0693 e. The van der Waals surface area contributed by atoms with Crippen molar-refractivity contribution in [2.45, 2.75) is 57.6 Å². The van der Waals surface area contributed by atoms with Crippen LogP contribution in [0, 0.1) is 13.8 Å². The molecule has 1 unspecified atom stereocenters. The van der Waals surface area contributed by atoms with Gasteiger partial charge in [0.05, 0.1) is 5.60 Å². The summed E-state index contributed by atoms with van der Waals surface area (Å²) < 4.78 is 5.64. The van der Waals surface area contributed by atoms with E-state index in [9.17, 15) is 0 Å². The molecular weight excluding hydrogens is 222 g/mol. The lowest BCUT2D eigenvalue weighted by Gasteiger charge is -2.42. The molecule has 0 bridgehead atoms. The molecule has 1 aromatic carbocycles. The van der Waals surface area contributed by atoms with Crippen molar-refractivity contribution in [3.05, 3.63) is 34.9 Å². The van der Waals surface area contributed by atoms with Gasteiger partial charge >= 0.3 is 0 Å². The van der Waals surface area contributed by atoms with Crippen LogP contribution in [0.2, 0.25) is 0 Å². The Hall–Kier alpha value is -0.860. The van der Waals surface area contributed by atoms with Gasteiger partial charge in [-0.15, -0.1) is 0 Å². The number of hydrogen-bond donors (Lipinski definition) is 1. The highest BCUT2D eigenvalue weighted by Gasteiger charge is 2.38. The summed E-state index contributed by atoms with van der Waals surface area (Å²) >= 11 is 0. The van der Waals surface area contributed by atoms with Crippen LogP contribution in [0.4, 0.5) is 0 Å². The number of methoxy groups -OCH3 is 1. The zero-order valence-electron chi connectivity index (χ0n) is 11.8. The van der Waals surface area contributed by atoms with E-state index in [0.29, 0.717) is 0 Å². The van der Waals surface area contributed by atoms with Gasteiger partial charge in [0, 0.05) is 13.2 Å². The second-order valence-corrected chi connectivity index (χ2v) is 5.83. The number of rotatable bonds is 5. The molecule has 1 fully saturated rings. The highest BCUT2D eigenvalue weighted by atomic mass is 16.5. The molecule has 1 aromatic rings. The van der Waals surface area contributed by atoms with Crippen LogP contribution in [0.3, 0.4) is 0 Å². The fourth-order valence-electron chi connectivity index (χ4n) is 2.85. The molecule has 2 rings (SSSR count). The molecule has 0 heterocycles. The van der Waals surface area contributed by atoms with Crippen molar-refractivity contribution in [3.8, 4) is 0 Å². The molecule has 1 aliphatic carbocycles. The number of hydrogen-bond acceptors (Lipinski definition) is 2. The van der Waals surface area contributed by atoms with Gasteiger partial charge in [-0.1, -0.05) is 18.2 Å². The number of ether oxygens (including phenoxy) is 1. The second-order valence-electron chi connectivity index (χ2n) is 5.83. The van der Waals surface area contributed by atoms with Gasteiger partial charge < -0.3 is 10.5 Å². The van der Waals surface area contributed by atoms with E-state index in [2.05, 4.69) is 32.0 Å². The number of benzene rings is 1. The van der Waals surface area contributed by atoms with E-state index in [1.54, 1.807) is 0 Å². The molecule has 1 aliphatic rings. The third-order valence-electron chi connectivity index (χ3n) is 4.40. The summed E-state index contributed by atoms with van der Waals surface area (Å²) in [5.41, 5.74) is 10.4. The number of aryl methyl sites for hydroxylation is 2. The molecular formula is C16H25NO. The van der Waals surface area contributed by atoms with Gasteiger partial charge in [-0.05, 0) is 62.6 Å². The largest absolute Gasteiger partial charge is 0.378 e. The molecule has 18 heavy (non-hydrogen) atoms. The standard InChI is InChI=1S/C16H25NO/c1-12-5-6-14(9-13(12)2)10-15(17)11-16(18-3)7-4-8-16/h5-6,9,15H,4,7-8,10-11,17H2,1-3H3. The fraction of sp³-hybridized carbons (Fsp3) is 0.625. The van der Waals surface area contributed by atoms with E-state index in [0.717, 1.165) is 12.8 Å². The van der Waals surface area contributed by atoms with Crippen LogP contribution in [-0.4, -0.2) is 18.8 Å². The van der Waals surface area contributed by atoms with Gasteiger partial charge in [0.15, 0.2) is 0 Å². The lowest BCUT2D eigenvalue weighted by atomic mass is 9.75. The lowest BCUT2D eigenvalue weighted by molar-refractivity contribution is -0.0813. The Morgan fingerprint density at radius 1 is 1.28 bits per heavy atom. The molecule has 1 atom stereocenters. The van der Waals surface area contributed by atoms with Crippen molar-refractivity contribution in [2.24, 2.45) is 5.73 Å². The predicted molar refractivity (Wildman–Crippen MR) is 75.8 cm³/mol. The Morgan fingerprint density at radius 2 is 2.00 bits per heavy atom. The normalized spacial score (nSPS) is 19.3. The van der Waals surface area contributed by atoms with Crippen LogP contribution in [0.5, 0.6) is 0 Å². The maximum atomic E-state index is 6.28. The fourth-order valence-corrected chi connectivity index (χ4v) is 2.85. The Labute approximate surface area is 111 Å². The summed E-state index contributed by atoms with van der Waals surface area (Å²) in [4.78, 5) is 0. The number of nitrogens with two attached hydrogens (primary N) is 1. The lowest BCUT2D eigenvalue weighted by Crippen LogP contribution is -2.44. The van der Waals surface area contributed by atoms with E-state index in [4.69, 9.17) is 10.5 Å². The van der Waals surface area contributed by atoms with E-state index < -0.39 is 0 Å². The minimum Gasteiger partial charge on any atom is -0.378 e. The van der Waals surface area contributed by atoms with E-state index >= 15 is 0 Å². The van der Waals surface area contributed by atoms with Gasteiger partial charge in [-0.2, -0.15) is 0 Å². The first-order valence-corrected chi connectivity index (χ1v) is 6.91. The van der Waals surface area contributed by atoms with Crippen LogP contribution in [0.15, 0.2) is 18.2 Å². The first-order valence-electron chi connectivity index (χ1n) is 6.91. The average molecular weight is 247 g/mol. The van der Waals surface area contributed by atoms with E-state index in [1.807, 2.05) is 7.11 Å². The quantitative estimate of drug-likeness (QED) is 0.867. The van der Waals surface area contributed by atoms with Crippen LogP contribution < -0.4 is 5.73 Å². The van der Waals surface area contributed by atoms with Crippen molar-refractivity contribution in [3.63, 3.8) is 0 Å². The Balaban J connectivity index is 1.94. The van der Waals surface area contributed by atoms with Gasteiger partial charge in [0.1, 0.15) is 0 Å². The Morgan fingerprint density at radius 3 is 2.50 bits per heavy atom. The molecule has 0 aromatic heterocycles. The molecule has 0 aliphatic heterocycles. The monoisotopic (exact) mass is 247 g/mol. The summed E-state index contributed by atoms with van der Waals surface area (Å²) in [5, 5.41) is 0. The maximum absolute atomic E-state index is 6.28. The minimum atomic E-state index is 0.0825. The molecule has 2 nitrogen and oxygen atoms in total. The molecule has 2 heteroatoms. The van der Waals surface area contributed by atoms with Crippen molar-refractivity contribution in [1.82, 2.24) is 0 Å². The zero-order chi connectivity index (χ0) is 13.2. The van der Waals surface area contributed by atoms with Gasteiger partial charge in [0.2, 0.25) is 0 Å². The summed E-state index contributed by atoms with van der Waals surface area (Å²) in [6, 6.07) is 6.84. The van der Waals surface area contributed by atoms with Crippen LogP contribution in [0.1, 0.15) is 42.4 Å². The predicted octanol–water partition coefficient (Wildman–Crippen LogP) is 3.13. The second kappa shape index (κ2) is 5.41. The molecule has 0 spiro atoms. The summed E-state index contributed by atoms with van der Waals surface area (Å²) in [6.07, 6.45) is 5.56. The molecule has 0 amide bonds. The molecule has 2 N–H and O–H groups in total. The molecule has 0 radical (unpaired) electrons. The van der Waals surface area contributed by atoms with Crippen molar-refractivity contribution in [2.75, 3.05) is 7.11 Å². The van der Waals surface area contributed by atoms with Crippen LogP contribution >= 0.6 is 0 Å². The third-order valence-corrected chi connectivity index (χ3v) is 4.40. The summed E-state index contributed by atoms with van der Waals surface area (Å²) in [6.45, 7) is 4.31. The van der Waals surface area contributed by atoms with Gasteiger partial charge in [-0.25, -0.2) is 0 Å². The highest BCUT2D eigenvalue weighted by molar-refractivity contribution is 5.30. The zero-order valence-corrected chi connectivity index (χ0v) is 11.8. The van der Waals surface area contributed by atoms with Gasteiger partial charge in [0.25, 0.3) is 0 Å². The molecule has 100 valence electrons. The van der Waals surface area contributed by atoms with E-state index in [-0.39, 0.29) is 11.6 Å².